The van der Waals surface area contributed by atoms with Gasteiger partial charge >= 0.3 is 0 Å². The first-order chi connectivity index (χ1) is 10.0. The molecule has 1 amide bonds. The topological polar surface area (TPSA) is 29.1 Å². The summed E-state index contributed by atoms with van der Waals surface area (Å²) < 4.78 is 14.8. The third-order valence-corrected chi connectivity index (χ3v) is 5.11. The molecular weight excluding hydrogens is 424 g/mol. The summed E-state index contributed by atoms with van der Waals surface area (Å²) in [5.74, 6) is -0.514. The van der Waals surface area contributed by atoms with E-state index in [0.717, 1.165) is 13.7 Å². The van der Waals surface area contributed by atoms with Crippen LogP contribution in [0.1, 0.15) is 9.67 Å². The predicted octanol–water partition coefficient (Wildman–Crippen LogP) is 5.55. The summed E-state index contributed by atoms with van der Waals surface area (Å²) in [6.45, 7) is 0. The molecule has 0 aliphatic carbocycles. The van der Waals surface area contributed by atoms with E-state index >= 15 is 0 Å². The lowest BCUT2D eigenvalue weighted by atomic mass is 10.2. The highest BCUT2D eigenvalue weighted by Crippen LogP contribution is 2.28. The molecule has 3 aromatic rings. The maximum atomic E-state index is 13.2. The van der Waals surface area contributed by atoms with Gasteiger partial charge in [-0.05, 0) is 64.4 Å². The minimum atomic E-state index is -0.302. The van der Waals surface area contributed by atoms with E-state index in [1.807, 2.05) is 0 Å². The maximum absolute atomic E-state index is 13.2. The summed E-state index contributed by atoms with van der Waals surface area (Å²) in [6, 6.07) is 11.5. The fourth-order valence-electron chi connectivity index (χ4n) is 1.89. The number of halogens is 3. The fourth-order valence-corrected chi connectivity index (χ4v) is 3.88. The average Bonchev–Trinajstić information content (AvgIpc) is 2.85. The average molecular weight is 432 g/mol. The molecule has 1 aromatic heterocycles. The number of carbonyl (C=O) groups is 1. The molecule has 0 radical (unpaired) electrons. The summed E-state index contributed by atoms with van der Waals surface area (Å²) in [4.78, 5) is 12.8. The first-order valence-corrected chi connectivity index (χ1v) is 8.26. The molecule has 0 saturated heterocycles. The van der Waals surface area contributed by atoms with Crippen LogP contribution >= 0.6 is 45.5 Å². The van der Waals surface area contributed by atoms with E-state index in [9.17, 15) is 9.18 Å². The van der Waals surface area contributed by atoms with Gasteiger partial charge in [-0.3, -0.25) is 4.79 Å². The van der Waals surface area contributed by atoms with Crippen molar-refractivity contribution in [3.63, 3.8) is 0 Å². The summed E-state index contributed by atoms with van der Waals surface area (Å²) >= 11 is 9.27. The minimum Gasteiger partial charge on any atom is -0.320 e. The van der Waals surface area contributed by atoms with Gasteiger partial charge in [0.15, 0.2) is 0 Å². The Bertz CT molecular complexity index is 849. The van der Waals surface area contributed by atoms with Gasteiger partial charge in [-0.2, -0.15) is 0 Å². The lowest BCUT2D eigenvalue weighted by molar-refractivity contribution is 0.103. The molecule has 0 atom stereocenters. The zero-order valence-electron chi connectivity index (χ0n) is 10.5. The molecule has 0 spiro atoms. The van der Waals surface area contributed by atoms with Crippen LogP contribution in [0.15, 0.2) is 42.5 Å². The van der Waals surface area contributed by atoms with Gasteiger partial charge in [-0.25, -0.2) is 4.39 Å². The van der Waals surface area contributed by atoms with E-state index in [2.05, 4.69) is 27.9 Å². The number of hydrogen-bond acceptors (Lipinski definition) is 2. The van der Waals surface area contributed by atoms with Crippen molar-refractivity contribution < 1.29 is 9.18 Å². The van der Waals surface area contributed by atoms with Crippen molar-refractivity contribution in [1.82, 2.24) is 0 Å². The number of amides is 1. The number of thiophene rings is 1. The van der Waals surface area contributed by atoms with E-state index < -0.39 is 0 Å². The van der Waals surface area contributed by atoms with E-state index in [1.54, 1.807) is 30.3 Å². The predicted molar refractivity (Wildman–Crippen MR) is 93.9 cm³/mol. The molecule has 0 aliphatic rings. The lowest BCUT2D eigenvalue weighted by Crippen LogP contribution is -2.11. The van der Waals surface area contributed by atoms with Crippen LogP contribution in [0.25, 0.3) is 10.1 Å². The second-order valence-corrected chi connectivity index (χ2v) is 7.05. The molecule has 6 heteroatoms. The van der Waals surface area contributed by atoms with Crippen molar-refractivity contribution in [1.29, 1.82) is 0 Å². The van der Waals surface area contributed by atoms with Crippen LogP contribution in [0.3, 0.4) is 0 Å². The van der Waals surface area contributed by atoms with Crippen molar-refractivity contribution in [3.05, 3.63) is 61.8 Å². The number of hydrogen-bond donors (Lipinski definition) is 1. The largest absolute Gasteiger partial charge is 0.320 e. The van der Waals surface area contributed by atoms with E-state index in [4.69, 9.17) is 11.6 Å². The number of carbonyl (C=O) groups excluding carboxylic acids is 1. The second kappa shape index (κ2) is 5.90. The molecule has 0 saturated carbocycles. The zero-order valence-corrected chi connectivity index (χ0v) is 14.2. The van der Waals surface area contributed by atoms with Crippen molar-refractivity contribution in [2.24, 2.45) is 0 Å². The van der Waals surface area contributed by atoms with Gasteiger partial charge in [0.2, 0.25) is 0 Å². The molecule has 0 unspecified atom stereocenters. The van der Waals surface area contributed by atoms with Gasteiger partial charge in [0.05, 0.1) is 10.6 Å². The number of rotatable bonds is 2. The molecule has 0 bridgehead atoms. The van der Waals surface area contributed by atoms with Crippen molar-refractivity contribution in [2.45, 2.75) is 0 Å². The minimum absolute atomic E-state index is 0.211. The Hall–Kier alpha value is -1.18. The normalized spacial score (nSPS) is 10.8. The van der Waals surface area contributed by atoms with Crippen LogP contribution in [0.5, 0.6) is 0 Å². The number of anilines is 1. The Labute approximate surface area is 143 Å². The van der Waals surface area contributed by atoms with Gasteiger partial charge in [0.25, 0.3) is 5.91 Å². The molecule has 3 rings (SSSR count). The van der Waals surface area contributed by atoms with Crippen molar-refractivity contribution in [2.75, 3.05) is 5.32 Å². The summed E-state index contributed by atoms with van der Waals surface area (Å²) in [5, 5.41) is 4.32. The SMILES string of the molecule is O=C(Nc1ccc(Cl)cc1I)c1cc2ccc(F)cc2s1. The molecule has 21 heavy (non-hydrogen) atoms. The molecule has 2 aromatic carbocycles. The Morgan fingerprint density at radius 1 is 1.19 bits per heavy atom. The zero-order chi connectivity index (χ0) is 15.0. The molecular formula is C15H8ClFINOS. The summed E-state index contributed by atoms with van der Waals surface area (Å²) in [5.41, 5.74) is 0.702. The highest BCUT2D eigenvalue weighted by Gasteiger charge is 2.12. The van der Waals surface area contributed by atoms with Crippen LogP contribution < -0.4 is 5.32 Å². The van der Waals surface area contributed by atoms with E-state index in [1.165, 1.54) is 23.5 Å². The molecule has 0 fully saturated rings. The Morgan fingerprint density at radius 3 is 2.76 bits per heavy atom. The van der Waals surface area contributed by atoms with Gasteiger partial charge < -0.3 is 5.32 Å². The van der Waals surface area contributed by atoms with E-state index in [0.29, 0.717) is 15.6 Å². The first kappa shape index (κ1) is 14.7. The van der Waals surface area contributed by atoms with Crippen LogP contribution in [-0.2, 0) is 0 Å². The smallest absolute Gasteiger partial charge is 0.265 e. The highest BCUT2D eigenvalue weighted by atomic mass is 127. The number of nitrogens with one attached hydrogen (secondary N) is 1. The quantitative estimate of drug-likeness (QED) is 0.530. The molecule has 106 valence electrons. The maximum Gasteiger partial charge on any atom is 0.265 e. The Kier molecular flexibility index (Phi) is 4.14. The highest BCUT2D eigenvalue weighted by molar-refractivity contribution is 14.1. The monoisotopic (exact) mass is 431 g/mol. The van der Waals surface area contributed by atoms with Gasteiger partial charge in [0, 0.05) is 13.3 Å². The lowest BCUT2D eigenvalue weighted by Gasteiger charge is -2.06. The van der Waals surface area contributed by atoms with Crippen LogP contribution in [-0.4, -0.2) is 5.91 Å². The standard InChI is InChI=1S/C15H8ClFINOS/c16-9-2-4-12(11(18)6-9)19-15(20)14-5-8-1-3-10(17)7-13(8)21-14/h1-7H,(H,19,20). The van der Waals surface area contributed by atoms with Gasteiger partial charge in [0.1, 0.15) is 5.82 Å². The van der Waals surface area contributed by atoms with E-state index in [-0.39, 0.29) is 11.7 Å². The summed E-state index contributed by atoms with van der Waals surface area (Å²) in [7, 11) is 0. The first-order valence-electron chi connectivity index (χ1n) is 5.98. The van der Waals surface area contributed by atoms with Gasteiger partial charge in [-0.1, -0.05) is 17.7 Å². The van der Waals surface area contributed by atoms with Crippen molar-refractivity contribution in [3.8, 4) is 0 Å². The van der Waals surface area contributed by atoms with Crippen LogP contribution in [0.2, 0.25) is 5.02 Å². The number of fused-ring (bicyclic) bond motifs is 1. The Morgan fingerprint density at radius 2 is 2.00 bits per heavy atom. The number of benzene rings is 2. The summed E-state index contributed by atoms with van der Waals surface area (Å²) in [6.07, 6.45) is 0. The van der Waals surface area contributed by atoms with Crippen LogP contribution in [0.4, 0.5) is 10.1 Å². The Balaban J connectivity index is 1.89. The van der Waals surface area contributed by atoms with Gasteiger partial charge in [-0.15, -0.1) is 11.3 Å². The molecule has 2 nitrogen and oxygen atoms in total. The fraction of sp³-hybridized carbons (Fsp3) is 0. The third kappa shape index (κ3) is 3.20. The van der Waals surface area contributed by atoms with Crippen molar-refractivity contribution >= 4 is 67.2 Å². The molecule has 1 N–H and O–H groups in total. The molecule has 1 heterocycles. The molecule has 0 aliphatic heterocycles. The second-order valence-electron chi connectivity index (χ2n) is 4.37. The third-order valence-electron chi connectivity index (χ3n) is 2.89. The van der Waals surface area contributed by atoms with Crippen LogP contribution in [0, 0.1) is 9.39 Å².